The van der Waals surface area contributed by atoms with Crippen LogP contribution in [0, 0.1) is 11.3 Å². The third-order valence-corrected chi connectivity index (χ3v) is 6.53. The summed E-state index contributed by atoms with van der Waals surface area (Å²) in [6.45, 7) is 12.0. The van der Waals surface area contributed by atoms with Crippen LogP contribution in [0.15, 0.2) is 0 Å². The summed E-state index contributed by atoms with van der Waals surface area (Å²) in [6, 6.07) is 0. The zero-order valence-corrected chi connectivity index (χ0v) is 20.1. The van der Waals surface area contributed by atoms with Crippen LogP contribution in [0.2, 0.25) is 0 Å². The van der Waals surface area contributed by atoms with Crippen molar-refractivity contribution in [2.24, 2.45) is 5.41 Å². The van der Waals surface area contributed by atoms with Crippen LogP contribution < -0.4 is 0 Å². The second-order valence-corrected chi connectivity index (χ2v) is 9.69. The molecule has 0 fully saturated rings. The van der Waals surface area contributed by atoms with Gasteiger partial charge in [0.2, 0.25) is 0 Å². The molecule has 163 valence electrons. The molecule has 0 nitrogen and oxygen atoms in total. The standard InChI is InChI=1S/C27H55/c1-6-9-12-15-17-20-23-26(24-21-18-16-13-10-7-2)27(4,5)25-22-19-14-11-8-3/h6-25H2,1-5H3. The van der Waals surface area contributed by atoms with Crippen LogP contribution in [0.25, 0.3) is 0 Å². The van der Waals surface area contributed by atoms with E-state index in [4.69, 9.17) is 0 Å². The van der Waals surface area contributed by atoms with Gasteiger partial charge in [0, 0.05) is 0 Å². The van der Waals surface area contributed by atoms with E-state index in [2.05, 4.69) is 34.6 Å². The molecule has 0 aromatic rings. The number of rotatable bonds is 21. The van der Waals surface area contributed by atoms with Gasteiger partial charge in [0.25, 0.3) is 0 Å². The molecule has 0 amide bonds. The molecule has 0 aliphatic rings. The molecule has 27 heavy (non-hydrogen) atoms. The summed E-state index contributed by atoms with van der Waals surface area (Å²) < 4.78 is 0. The summed E-state index contributed by atoms with van der Waals surface area (Å²) in [5.74, 6) is 1.91. The summed E-state index contributed by atoms with van der Waals surface area (Å²) in [5, 5.41) is 0. The summed E-state index contributed by atoms with van der Waals surface area (Å²) in [4.78, 5) is 0. The largest absolute Gasteiger partial charge is 0.0654 e. The molecule has 0 aliphatic heterocycles. The minimum absolute atomic E-state index is 0.471. The van der Waals surface area contributed by atoms with Crippen LogP contribution in [0.4, 0.5) is 0 Å². The second kappa shape index (κ2) is 19.3. The first-order valence-electron chi connectivity index (χ1n) is 12.9. The molecule has 0 aliphatic carbocycles. The molecule has 0 aromatic heterocycles. The lowest BCUT2D eigenvalue weighted by Gasteiger charge is -2.35. The van der Waals surface area contributed by atoms with E-state index < -0.39 is 0 Å². The van der Waals surface area contributed by atoms with Gasteiger partial charge in [0.15, 0.2) is 0 Å². The van der Waals surface area contributed by atoms with E-state index in [1.807, 2.05) is 5.92 Å². The first-order valence-corrected chi connectivity index (χ1v) is 12.9. The van der Waals surface area contributed by atoms with E-state index in [0.29, 0.717) is 5.41 Å². The fraction of sp³-hybridized carbons (Fsp3) is 0.963. The van der Waals surface area contributed by atoms with Crippen molar-refractivity contribution < 1.29 is 0 Å². The van der Waals surface area contributed by atoms with E-state index in [1.54, 1.807) is 0 Å². The molecule has 0 rings (SSSR count). The Morgan fingerprint density at radius 3 is 1.19 bits per heavy atom. The number of hydrogen-bond acceptors (Lipinski definition) is 0. The normalized spacial score (nSPS) is 12.2. The molecule has 0 N–H and O–H groups in total. The fourth-order valence-electron chi connectivity index (χ4n) is 4.39. The highest BCUT2D eigenvalue weighted by Gasteiger charge is 2.28. The van der Waals surface area contributed by atoms with E-state index in [0.717, 1.165) is 0 Å². The highest BCUT2D eigenvalue weighted by molar-refractivity contribution is 5.02. The Morgan fingerprint density at radius 2 is 0.778 bits per heavy atom. The first kappa shape index (κ1) is 27.0. The van der Waals surface area contributed by atoms with Gasteiger partial charge < -0.3 is 0 Å². The molecule has 0 spiro atoms. The van der Waals surface area contributed by atoms with E-state index in [-0.39, 0.29) is 0 Å². The summed E-state index contributed by atoms with van der Waals surface area (Å²) in [5.41, 5.74) is 0.471. The van der Waals surface area contributed by atoms with Crippen LogP contribution in [-0.4, -0.2) is 0 Å². The predicted molar refractivity (Wildman–Crippen MR) is 126 cm³/mol. The molecular formula is C27H55. The van der Waals surface area contributed by atoms with Crippen molar-refractivity contribution in [3.8, 4) is 0 Å². The molecule has 0 saturated carbocycles. The third kappa shape index (κ3) is 16.6. The number of hydrogen-bond donors (Lipinski definition) is 0. The summed E-state index contributed by atoms with van der Waals surface area (Å²) >= 11 is 0. The van der Waals surface area contributed by atoms with Gasteiger partial charge in [-0.3, -0.25) is 0 Å². The topological polar surface area (TPSA) is 0 Å². The monoisotopic (exact) mass is 379 g/mol. The molecule has 1 radical (unpaired) electrons. The molecule has 0 aromatic carbocycles. The van der Waals surface area contributed by atoms with Gasteiger partial charge in [0.1, 0.15) is 0 Å². The van der Waals surface area contributed by atoms with Crippen LogP contribution in [0.3, 0.4) is 0 Å². The highest BCUT2D eigenvalue weighted by atomic mass is 14.3. The van der Waals surface area contributed by atoms with Gasteiger partial charge >= 0.3 is 0 Å². The Morgan fingerprint density at radius 1 is 0.444 bits per heavy atom. The quantitative estimate of drug-likeness (QED) is 0.174. The Labute approximate surface area is 174 Å². The van der Waals surface area contributed by atoms with Gasteiger partial charge in [-0.2, -0.15) is 0 Å². The minimum atomic E-state index is 0.471. The predicted octanol–water partition coefficient (Wildman–Crippen LogP) is 10.4. The van der Waals surface area contributed by atoms with E-state index in [1.165, 1.54) is 128 Å². The van der Waals surface area contributed by atoms with Gasteiger partial charge in [-0.15, -0.1) is 0 Å². The van der Waals surface area contributed by atoms with Crippen molar-refractivity contribution in [3.05, 3.63) is 5.92 Å². The van der Waals surface area contributed by atoms with Gasteiger partial charge in [-0.05, 0) is 30.6 Å². The number of unbranched alkanes of at least 4 members (excludes halogenated alkanes) is 14. The van der Waals surface area contributed by atoms with Gasteiger partial charge in [-0.25, -0.2) is 0 Å². The Hall–Kier alpha value is 0. The maximum Gasteiger partial charge on any atom is -0.0185 e. The van der Waals surface area contributed by atoms with Crippen LogP contribution in [0.1, 0.15) is 163 Å². The van der Waals surface area contributed by atoms with E-state index >= 15 is 0 Å². The Bertz CT molecular complexity index is 262. The van der Waals surface area contributed by atoms with Crippen molar-refractivity contribution in [3.63, 3.8) is 0 Å². The lowest BCUT2D eigenvalue weighted by molar-refractivity contribution is 0.296. The Kier molecular flexibility index (Phi) is 19.3. The van der Waals surface area contributed by atoms with Gasteiger partial charge in [0.05, 0.1) is 0 Å². The summed E-state index contributed by atoms with van der Waals surface area (Å²) in [6.07, 6.45) is 28.5. The zero-order valence-electron chi connectivity index (χ0n) is 20.1. The average Bonchev–Trinajstić information content (AvgIpc) is 2.65. The Balaban J connectivity index is 4.24. The second-order valence-electron chi connectivity index (χ2n) is 9.69. The molecule has 0 saturated heterocycles. The lowest BCUT2D eigenvalue weighted by Crippen LogP contribution is -2.22. The highest BCUT2D eigenvalue weighted by Crippen LogP contribution is 2.41. The first-order chi connectivity index (χ1) is 13.1. The average molecular weight is 380 g/mol. The molecule has 0 heteroatoms. The van der Waals surface area contributed by atoms with Crippen molar-refractivity contribution in [2.45, 2.75) is 163 Å². The third-order valence-electron chi connectivity index (χ3n) is 6.53. The van der Waals surface area contributed by atoms with Crippen molar-refractivity contribution >= 4 is 0 Å². The van der Waals surface area contributed by atoms with Crippen LogP contribution in [-0.2, 0) is 0 Å². The van der Waals surface area contributed by atoms with Crippen molar-refractivity contribution in [1.82, 2.24) is 0 Å². The summed E-state index contributed by atoms with van der Waals surface area (Å²) in [7, 11) is 0. The zero-order chi connectivity index (χ0) is 20.2. The van der Waals surface area contributed by atoms with Crippen LogP contribution >= 0.6 is 0 Å². The molecule has 0 atom stereocenters. The van der Waals surface area contributed by atoms with Gasteiger partial charge in [-0.1, -0.05) is 144 Å². The fourth-order valence-corrected chi connectivity index (χ4v) is 4.39. The van der Waals surface area contributed by atoms with E-state index in [9.17, 15) is 0 Å². The van der Waals surface area contributed by atoms with Crippen LogP contribution in [0.5, 0.6) is 0 Å². The maximum absolute atomic E-state index is 2.55. The minimum Gasteiger partial charge on any atom is -0.0654 e. The molecular weight excluding hydrogens is 324 g/mol. The smallest absolute Gasteiger partial charge is 0.0185 e. The lowest BCUT2D eigenvalue weighted by atomic mass is 9.70. The molecule has 0 bridgehead atoms. The molecule has 0 unspecified atom stereocenters. The SMILES string of the molecule is CCCCCCCC[C](CCCCCCCC)C(C)(C)CCCCCCC. The van der Waals surface area contributed by atoms with Crippen molar-refractivity contribution in [2.75, 3.05) is 0 Å². The molecule has 0 heterocycles. The van der Waals surface area contributed by atoms with Crippen molar-refractivity contribution in [1.29, 1.82) is 0 Å². The maximum atomic E-state index is 2.55.